The highest BCUT2D eigenvalue weighted by Gasteiger charge is 2.38. The highest BCUT2D eigenvalue weighted by molar-refractivity contribution is 7.84. The summed E-state index contributed by atoms with van der Waals surface area (Å²) in [6, 6.07) is 0. The molecule has 1 rings (SSSR count). The normalized spacial score (nSPS) is 22.4. The molecule has 0 radical (unpaired) electrons. The molecule has 0 aromatic rings. The zero-order valence-corrected chi connectivity index (χ0v) is 9.79. The molecule has 0 N–H and O–H groups in total. The topological polar surface area (TPSA) is 78.8 Å². The van der Waals surface area contributed by atoms with Crippen LogP contribution in [0.5, 0.6) is 0 Å². The highest BCUT2D eigenvalue weighted by Crippen LogP contribution is 2.22. The first kappa shape index (κ1) is 12.3. The summed E-state index contributed by atoms with van der Waals surface area (Å²) in [4.78, 5) is 0. The van der Waals surface area contributed by atoms with E-state index < -0.39 is 16.3 Å². The molecule has 1 aliphatic rings. The van der Waals surface area contributed by atoms with Crippen molar-refractivity contribution in [2.45, 2.75) is 19.3 Å². The number of hydrogen-bond acceptors (Lipinski definition) is 4. The lowest BCUT2D eigenvalue weighted by molar-refractivity contribution is -0.790. The van der Waals surface area contributed by atoms with Gasteiger partial charge in [0, 0.05) is 0 Å². The summed E-state index contributed by atoms with van der Waals surface area (Å²) in [5, 5.41) is 10.8. The molecular weight excluding hydrogens is 220 g/mol. The van der Waals surface area contributed by atoms with Crippen LogP contribution >= 0.6 is 0 Å². The van der Waals surface area contributed by atoms with Gasteiger partial charge in [-0.25, -0.2) is 3.89 Å². The Bertz CT molecular complexity index is 344. The summed E-state index contributed by atoms with van der Waals surface area (Å²) >= 11 is 0. The van der Waals surface area contributed by atoms with Gasteiger partial charge in [0.05, 0.1) is 20.1 Å². The van der Waals surface area contributed by atoms with Crippen LogP contribution in [0, 0.1) is 0 Å². The van der Waals surface area contributed by atoms with Gasteiger partial charge < -0.3 is 9.84 Å². The van der Waals surface area contributed by atoms with Crippen LogP contribution in [-0.2, 0) is 14.9 Å². The Balaban J connectivity index is 2.94. The molecule has 1 aliphatic heterocycles. The molecule has 0 bridgehead atoms. The Morgan fingerprint density at radius 3 is 2.33 bits per heavy atom. The molecule has 0 aromatic heterocycles. The maximum atomic E-state index is 11.8. The second kappa shape index (κ2) is 4.36. The van der Waals surface area contributed by atoms with E-state index in [-0.39, 0.29) is 3.89 Å². The first-order valence-electron chi connectivity index (χ1n) is 4.82. The van der Waals surface area contributed by atoms with Gasteiger partial charge in [-0.15, -0.1) is 8.42 Å². The maximum Gasteiger partial charge on any atom is 0.416 e. The molecular formula is C8H16N2O4S. The van der Waals surface area contributed by atoms with Crippen molar-refractivity contribution >= 4 is 16.3 Å². The number of quaternary nitrogens is 1. The van der Waals surface area contributed by atoms with Crippen molar-refractivity contribution in [2.24, 2.45) is 4.40 Å². The monoisotopic (exact) mass is 236 g/mol. The molecule has 1 heterocycles. The second-order valence-corrected chi connectivity index (χ2v) is 5.77. The number of hydrogen-bond donors (Lipinski definition) is 0. The lowest BCUT2D eigenvalue weighted by Gasteiger charge is -2.33. The minimum Gasteiger partial charge on any atom is -0.603 e. The Hall–Kier alpha value is -0.820. The van der Waals surface area contributed by atoms with Gasteiger partial charge in [0.25, 0.3) is 0 Å². The zero-order valence-electron chi connectivity index (χ0n) is 8.97. The quantitative estimate of drug-likeness (QED) is 0.358. The van der Waals surface area contributed by atoms with Crippen molar-refractivity contribution in [1.82, 2.24) is 0 Å². The summed E-state index contributed by atoms with van der Waals surface area (Å²) < 4.78 is 30.7. The maximum absolute atomic E-state index is 11.8. The van der Waals surface area contributed by atoms with Crippen LogP contribution < -0.4 is 5.11 Å². The largest absolute Gasteiger partial charge is 0.603 e. The van der Waals surface area contributed by atoms with Gasteiger partial charge in [-0.1, -0.05) is 4.40 Å². The third-order valence-corrected chi connectivity index (χ3v) is 4.54. The molecule has 0 aliphatic carbocycles. The van der Waals surface area contributed by atoms with Crippen LogP contribution in [0.25, 0.3) is 0 Å². The standard InChI is InChI=1S/C8H16N2O4S/c1-10(6-4-3-5-7-10)15(12,13)9-8(11)14-2/h3-7H2,1-2H3. The molecule has 0 spiro atoms. The van der Waals surface area contributed by atoms with Gasteiger partial charge in [0.2, 0.25) is 0 Å². The van der Waals surface area contributed by atoms with Crippen molar-refractivity contribution in [3.8, 4) is 0 Å². The molecule has 1 saturated heterocycles. The smallest absolute Gasteiger partial charge is 0.416 e. The molecule has 1 fully saturated rings. The van der Waals surface area contributed by atoms with E-state index in [1.54, 1.807) is 7.05 Å². The van der Waals surface area contributed by atoms with E-state index in [1.807, 2.05) is 0 Å². The summed E-state index contributed by atoms with van der Waals surface area (Å²) in [6.45, 7) is 1.01. The molecule has 0 aromatic carbocycles. The Kier molecular flexibility index (Phi) is 3.56. The minimum absolute atomic E-state index is 0.192. The van der Waals surface area contributed by atoms with Crippen molar-refractivity contribution in [3.63, 3.8) is 0 Å². The van der Waals surface area contributed by atoms with Gasteiger partial charge in [0.15, 0.2) is 6.08 Å². The molecule has 7 heteroatoms. The molecule has 0 amide bonds. The van der Waals surface area contributed by atoms with Gasteiger partial charge in [0.1, 0.15) is 0 Å². The van der Waals surface area contributed by atoms with E-state index in [9.17, 15) is 13.5 Å². The van der Waals surface area contributed by atoms with E-state index in [2.05, 4.69) is 9.13 Å². The third-order valence-electron chi connectivity index (χ3n) is 2.68. The number of methoxy groups -OCH3 is 1. The number of rotatable bonds is 2. The Morgan fingerprint density at radius 1 is 1.33 bits per heavy atom. The van der Waals surface area contributed by atoms with E-state index in [0.717, 1.165) is 26.4 Å². The summed E-state index contributed by atoms with van der Waals surface area (Å²) in [5.41, 5.74) is 0. The third kappa shape index (κ3) is 2.60. The van der Waals surface area contributed by atoms with Crippen LogP contribution in [0.4, 0.5) is 0 Å². The first-order chi connectivity index (χ1) is 6.91. The average molecular weight is 236 g/mol. The molecule has 0 saturated carbocycles. The lowest BCUT2D eigenvalue weighted by atomic mass is 10.1. The predicted octanol–water partition coefficient (Wildman–Crippen LogP) is -0.776. The van der Waals surface area contributed by atoms with Crippen LogP contribution in [0.2, 0.25) is 0 Å². The minimum atomic E-state index is -3.81. The highest BCUT2D eigenvalue weighted by atomic mass is 32.2. The first-order valence-corrected chi connectivity index (χ1v) is 6.22. The fourth-order valence-corrected chi connectivity index (χ4v) is 2.82. The van der Waals surface area contributed by atoms with Crippen molar-refractivity contribution < 1.29 is 22.1 Å². The molecule has 0 unspecified atom stereocenters. The number of ether oxygens (including phenoxy) is 1. The Morgan fingerprint density at radius 2 is 1.87 bits per heavy atom. The molecule has 6 nitrogen and oxygen atoms in total. The van der Waals surface area contributed by atoms with E-state index >= 15 is 0 Å². The van der Waals surface area contributed by atoms with Crippen LogP contribution in [0.3, 0.4) is 0 Å². The SMILES string of the molecule is CO/C([O-])=N/S(=O)(=O)[N+]1(C)CCCCC1. The fraction of sp³-hybridized carbons (Fsp3) is 0.875. The predicted molar refractivity (Wildman–Crippen MR) is 53.1 cm³/mol. The van der Waals surface area contributed by atoms with Gasteiger partial charge in [-0.2, -0.15) is 0 Å². The molecule has 0 atom stereocenters. The van der Waals surface area contributed by atoms with Gasteiger partial charge >= 0.3 is 10.2 Å². The van der Waals surface area contributed by atoms with Crippen molar-refractivity contribution in [3.05, 3.63) is 0 Å². The van der Waals surface area contributed by atoms with E-state index in [1.165, 1.54) is 0 Å². The average Bonchev–Trinajstić information content (AvgIpc) is 2.18. The molecule has 15 heavy (non-hydrogen) atoms. The van der Waals surface area contributed by atoms with Crippen molar-refractivity contribution in [2.75, 3.05) is 27.2 Å². The van der Waals surface area contributed by atoms with Gasteiger partial charge in [-0.3, -0.25) is 0 Å². The zero-order chi connectivity index (χ0) is 11.5. The number of nitrogens with zero attached hydrogens (tertiary/aromatic N) is 2. The summed E-state index contributed by atoms with van der Waals surface area (Å²) in [7, 11) is -1.11. The molecule has 88 valence electrons. The van der Waals surface area contributed by atoms with Gasteiger partial charge in [-0.05, 0) is 26.4 Å². The van der Waals surface area contributed by atoms with Crippen LogP contribution in [0.1, 0.15) is 19.3 Å². The summed E-state index contributed by atoms with van der Waals surface area (Å²) in [5.74, 6) is 0. The summed E-state index contributed by atoms with van der Waals surface area (Å²) in [6.07, 6.45) is 1.65. The van der Waals surface area contributed by atoms with E-state index in [4.69, 9.17) is 0 Å². The number of likely N-dealkylation sites (tertiary alicyclic amines) is 1. The number of piperidine rings is 1. The fourth-order valence-electron chi connectivity index (χ4n) is 1.64. The van der Waals surface area contributed by atoms with E-state index in [0.29, 0.717) is 13.1 Å². The lowest BCUT2D eigenvalue weighted by Crippen LogP contribution is -2.51. The van der Waals surface area contributed by atoms with Crippen LogP contribution in [0.15, 0.2) is 4.40 Å². The van der Waals surface area contributed by atoms with Crippen LogP contribution in [-0.4, -0.2) is 45.6 Å². The van der Waals surface area contributed by atoms with Crippen molar-refractivity contribution in [1.29, 1.82) is 0 Å². The Labute approximate surface area is 90.0 Å². The second-order valence-electron chi connectivity index (χ2n) is 3.81.